The normalized spacial score (nSPS) is 25.7. The first kappa shape index (κ1) is 25.6. The van der Waals surface area contributed by atoms with E-state index in [0.29, 0.717) is 18.8 Å². The van der Waals surface area contributed by atoms with E-state index in [4.69, 9.17) is 4.74 Å². The molecule has 2 fully saturated rings. The topological polar surface area (TPSA) is 70.7 Å². The molecular formula is C33H37N3O3. The van der Waals surface area contributed by atoms with Crippen LogP contribution >= 0.6 is 0 Å². The average molecular weight is 524 g/mol. The monoisotopic (exact) mass is 523 g/mol. The molecule has 6 rings (SSSR count). The smallest absolute Gasteiger partial charge is 0.251 e. The number of ether oxygens (including phenoxy) is 1. The Morgan fingerprint density at radius 2 is 1.59 bits per heavy atom. The molecule has 2 amide bonds. The lowest BCUT2D eigenvalue weighted by Gasteiger charge is -2.41. The van der Waals surface area contributed by atoms with E-state index in [1.165, 1.54) is 5.56 Å². The van der Waals surface area contributed by atoms with Crippen LogP contribution in [0.25, 0.3) is 0 Å². The summed E-state index contributed by atoms with van der Waals surface area (Å²) in [6.07, 6.45) is 4.64. The predicted octanol–water partition coefficient (Wildman–Crippen LogP) is 5.58. The van der Waals surface area contributed by atoms with Crippen LogP contribution in [0.5, 0.6) is 0 Å². The Bertz CT molecular complexity index is 1280. The number of nitrogens with zero attached hydrogens (tertiary/aromatic N) is 1. The number of carbonyl (C=O) groups excluding carboxylic acids is 2. The minimum atomic E-state index is -0.194. The van der Waals surface area contributed by atoms with E-state index in [9.17, 15) is 9.59 Å². The summed E-state index contributed by atoms with van der Waals surface area (Å²) in [7, 11) is 0. The fourth-order valence-electron chi connectivity index (χ4n) is 6.77. The zero-order valence-electron chi connectivity index (χ0n) is 22.3. The molecule has 2 heterocycles. The molecule has 0 spiro atoms. The number of hydrogen-bond donors (Lipinski definition) is 2. The molecule has 2 aliphatic heterocycles. The van der Waals surface area contributed by atoms with E-state index in [2.05, 4.69) is 45.9 Å². The highest BCUT2D eigenvalue weighted by Crippen LogP contribution is 2.47. The van der Waals surface area contributed by atoms with Crippen LogP contribution in [-0.4, -0.2) is 41.9 Å². The van der Waals surface area contributed by atoms with Crippen LogP contribution in [0, 0.1) is 11.8 Å². The van der Waals surface area contributed by atoms with Crippen molar-refractivity contribution in [1.29, 1.82) is 0 Å². The summed E-state index contributed by atoms with van der Waals surface area (Å²) in [4.78, 5) is 29.3. The van der Waals surface area contributed by atoms with Crippen molar-refractivity contribution in [3.63, 3.8) is 0 Å². The van der Waals surface area contributed by atoms with E-state index in [0.717, 1.165) is 49.9 Å². The maximum atomic E-state index is 14.2. The van der Waals surface area contributed by atoms with Gasteiger partial charge < -0.3 is 20.3 Å². The van der Waals surface area contributed by atoms with Crippen molar-refractivity contribution in [1.82, 2.24) is 10.2 Å². The van der Waals surface area contributed by atoms with Crippen LogP contribution in [0.1, 0.15) is 59.6 Å². The standard InChI is InChI=1S/C33H37N3O3/c37-32(24-13-5-2-6-14-24)35-29-18-10-8-16-27(29)33(38)36-20-19-26-30(22-39-21-23-11-3-1-4-12-23)34-28-17-9-7-15-25(28)31(26)36/h1-7,9,11-15,17,26-27,29-31,34H,8,10,16,18-22H2,(H,35,37)/t26-,27-,29+,30+,31+/m0/s1. The molecule has 1 aliphatic carbocycles. The lowest BCUT2D eigenvalue weighted by Crippen LogP contribution is -2.50. The molecule has 39 heavy (non-hydrogen) atoms. The fourth-order valence-corrected chi connectivity index (χ4v) is 6.77. The third-order valence-electron chi connectivity index (χ3n) is 8.71. The van der Waals surface area contributed by atoms with Crippen molar-refractivity contribution in [2.75, 3.05) is 18.5 Å². The number of rotatable bonds is 7. The maximum Gasteiger partial charge on any atom is 0.251 e. The number of anilines is 1. The van der Waals surface area contributed by atoms with Crippen LogP contribution < -0.4 is 10.6 Å². The van der Waals surface area contributed by atoms with Crippen molar-refractivity contribution in [3.8, 4) is 0 Å². The van der Waals surface area contributed by atoms with Crippen molar-refractivity contribution in [3.05, 3.63) is 102 Å². The fraction of sp³-hybridized carbons (Fsp3) is 0.394. The molecule has 3 aromatic rings. The van der Waals surface area contributed by atoms with Gasteiger partial charge in [-0.15, -0.1) is 0 Å². The van der Waals surface area contributed by atoms with Crippen molar-refractivity contribution in [2.24, 2.45) is 11.8 Å². The number of hydrogen-bond acceptors (Lipinski definition) is 4. The summed E-state index contributed by atoms with van der Waals surface area (Å²) in [6, 6.07) is 27.9. The lowest BCUT2D eigenvalue weighted by atomic mass is 9.81. The SMILES string of the molecule is O=C(N[C@@H]1CCCC[C@@H]1C(=O)N1CC[C@@H]2[C@H]1c1ccccc1N[C@@H]2COCc1ccccc1)c1ccccc1. The average Bonchev–Trinajstić information content (AvgIpc) is 3.44. The van der Waals surface area contributed by atoms with Gasteiger partial charge in [-0.25, -0.2) is 0 Å². The molecule has 0 unspecified atom stereocenters. The van der Waals surface area contributed by atoms with Gasteiger partial charge in [-0.3, -0.25) is 9.59 Å². The first-order valence-corrected chi connectivity index (χ1v) is 14.3. The van der Waals surface area contributed by atoms with Gasteiger partial charge in [0.15, 0.2) is 0 Å². The van der Waals surface area contributed by atoms with E-state index in [-0.39, 0.29) is 41.8 Å². The van der Waals surface area contributed by atoms with Crippen LogP contribution in [-0.2, 0) is 16.1 Å². The van der Waals surface area contributed by atoms with E-state index in [1.807, 2.05) is 54.6 Å². The number of likely N-dealkylation sites (tertiary alicyclic amines) is 1. The lowest BCUT2D eigenvalue weighted by molar-refractivity contribution is -0.139. The number of nitrogens with one attached hydrogen (secondary N) is 2. The Balaban J connectivity index is 1.19. The van der Waals surface area contributed by atoms with Crippen molar-refractivity contribution < 1.29 is 14.3 Å². The summed E-state index contributed by atoms with van der Waals surface area (Å²) in [5, 5.41) is 6.94. The molecule has 3 aromatic carbocycles. The number of carbonyl (C=O) groups is 2. The van der Waals surface area contributed by atoms with Crippen LogP contribution in [0.3, 0.4) is 0 Å². The van der Waals surface area contributed by atoms with Gasteiger partial charge in [-0.1, -0.05) is 79.6 Å². The highest BCUT2D eigenvalue weighted by molar-refractivity contribution is 5.94. The van der Waals surface area contributed by atoms with Gasteiger partial charge in [0.25, 0.3) is 5.91 Å². The van der Waals surface area contributed by atoms with Crippen molar-refractivity contribution >= 4 is 17.5 Å². The maximum absolute atomic E-state index is 14.2. The van der Waals surface area contributed by atoms with Crippen LogP contribution in [0.4, 0.5) is 5.69 Å². The van der Waals surface area contributed by atoms with Crippen LogP contribution in [0.2, 0.25) is 0 Å². The second kappa shape index (κ2) is 11.6. The number of para-hydroxylation sites is 1. The van der Waals surface area contributed by atoms with E-state index < -0.39 is 0 Å². The summed E-state index contributed by atoms with van der Waals surface area (Å²) < 4.78 is 6.18. The Morgan fingerprint density at radius 3 is 2.41 bits per heavy atom. The zero-order valence-corrected chi connectivity index (χ0v) is 22.3. The summed E-state index contributed by atoms with van der Waals surface area (Å²) >= 11 is 0. The molecular weight excluding hydrogens is 486 g/mol. The summed E-state index contributed by atoms with van der Waals surface area (Å²) in [5.41, 5.74) is 4.08. The second-order valence-corrected chi connectivity index (χ2v) is 11.1. The van der Waals surface area contributed by atoms with Gasteiger partial charge in [0.1, 0.15) is 0 Å². The molecule has 6 nitrogen and oxygen atoms in total. The minimum Gasteiger partial charge on any atom is -0.379 e. The quantitative estimate of drug-likeness (QED) is 0.424. The molecule has 1 saturated carbocycles. The van der Waals surface area contributed by atoms with Gasteiger partial charge in [-0.05, 0) is 48.6 Å². The second-order valence-electron chi connectivity index (χ2n) is 11.1. The Hall–Kier alpha value is -3.64. The zero-order chi connectivity index (χ0) is 26.6. The van der Waals surface area contributed by atoms with Gasteiger partial charge in [0, 0.05) is 29.8 Å². The van der Waals surface area contributed by atoms with Crippen molar-refractivity contribution in [2.45, 2.75) is 56.8 Å². The van der Waals surface area contributed by atoms with Crippen LogP contribution in [0.15, 0.2) is 84.9 Å². The first-order valence-electron chi connectivity index (χ1n) is 14.3. The third kappa shape index (κ3) is 5.44. The molecule has 202 valence electrons. The molecule has 0 bridgehead atoms. The highest BCUT2D eigenvalue weighted by Gasteiger charge is 2.48. The summed E-state index contributed by atoms with van der Waals surface area (Å²) in [6.45, 7) is 1.90. The van der Waals surface area contributed by atoms with Gasteiger partial charge in [0.05, 0.1) is 31.2 Å². The van der Waals surface area contributed by atoms with Gasteiger partial charge in [-0.2, -0.15) is 0 Å². The molecule has 6 heteroatoms. The van der Waals surface area contributed by atoms with Gasteiger partial charge in [0.2, 0.25) is 5.91 Å². The largest absolute Gasteiger partial charge is 0.379 e. The molecule has 2 N–H and O–H groups in total. The Kier molecular flexibility index (Phi) is 7.64. The molecule has 3 aliphatic rings. The molecule has 5 atom stereocenters. The molecule has 1 saturated heterocycles. The minimum absolute atomic E-state index is 0.0210. The predicted molar refractivity (Wildman–Crippen MR) is 152 cm³/mol. The summed E-state index contributed by atoms with van der Waals surface area (Å²) in [5.74, 6) is 0.171. The third-order valence-corrected chi connectivity index (χ3v) is 8.71. The first-order chi connectivity index (χ1) is 19.2. The molecule has 0 aromatic heterocycles. The number of benzene rings is 3. The van der Waals surface area contributed by atoms with E-state index >= 15 is 0 Å². The van der Waals surface area contributed by atoms with E-state index in [1.54, 1.807) is 0 Å². The Morgan fingerprint density at radius 1 is 0.872 bits per heavy atom. The Labute approximate surface area is 230 Å². The number of fused-ring (bicyclic) bond motifs is 3. The van der Waals surface area contributed by atoms with Gasteiger partial charge >= 0.3 is 0 Å². The number of amides is 2. The molecule has 0 radical (unpaired) electrons. The highest BCUT2D eigenvalue weighted by atomic mass is 16.5.